The van der Waals surface area contributed by atoms with E-state index in [-0.39, 0.29) is 0 Å². The molecule has 6 heteroatoms. The second-order valence-corrected chi connectivity index (χ2v) is 4.41. The maximum Gasteiger partial charge on any atom is 0.129 e. The Hall–Kier alpha value is -0.550. The first-order valence-electron chi connectivity index (χ1n) is 5.66. The number of ether oxygens (including phenoxy) is 2. The first kappa shape index (κ1) is 15.5. The van der Waals surface area contributed by atoms with Crippen LogP contribution in [0.1, 0.15) is 5.56 Å². The Morgan fingerprint density at radius 1 is 1.22 bits per heavy atom. The van der Waals surface area contributed by atoms with Crippen molar-refractivity contribution in [3.05, 3.63) is 22.8 Å². The van der Waals surface area contributed by atoms with Crippen molar-refractivity contribution in [3.63, 3.8) is 0 Å². The lowest BCUT2D eigenvalue weighted by Crippen LogP contribution is -2.31. The van der Waals surface area contributed by atoms with Crippen molar-refractivity contribution in [1.82, 2.24) is 4.98 Å². The summed E-state index contributed by atoms with van der Waals surface area (Å²) in [7, 11) is 3.35. The van der Waals surface area contributed by atoms with Gasteiger partial charge in [-0.05, 0) is 11.6 Å². The van der Waals surface area contributed by atoms with Crippen LogP contribution in [0, 0.1) is 0 Å². The van der Waals surface area contributed by atoms with Gasteiger partial charge in [-0.25, -0.2) is 4.98 Å². The molecule has 0 spiro atoms. The Balaban J connectivity index is 2.82. The number of methoxy groups -OCH3 is 2. The molecule has 1 aromatic heterocycles. The van der Waals surface area contributed by atoms with Crippen LogP contribution in [0.2, 0.25) is 5.02 Å². The topological polar surface area (TPSA) is 34.6 Å². The van der Waals surface area contributed by atoms with Gasteiger partial charge in [-0.15, -0.1) is 11.6 Å². The maximum atomic E-state index is 5.99. The molecule has 0 aliphatic rings. The number of hydrogen-bond acceptors (Lipinski definition) is 4. The summed E-state index contributed by atoms with van der Waals surface area (Å²) >= 11 is 11.8. The zero-order valence-electron chi connectivity index (χ0n) is 10.7. The van der Waals surface area contributed by atoms with Gasteiger partial charge in [0.1, 0.15) is 5.82 Å². The van der Waals surface area contributed by atoms with Gasteiger partial charge in [0.25, 0.3) is 0 Å². The van der Waals surface area contributed by atoms with Crippen LogP contribution in [-0.4, -0.2) is 45.5 Å². The predicted octanol–water partition coefficient (Wildman–Crippen LogP) is 2.57. The summed E-state index contributed by atoms with van der Waals surface area (Å²) in [6.07, 6.45) is 1.63. The largest absolute Gasteiger partial charge is 0.383 e. The first-order chi connectivity index (χ1) is 8.72. The Morgan fingerprint density at radius 3 is 2.33 bits per heavy atom. The number of hydrogen-bond donors (Lipinski definition) is 0. The highest BCUT2D eigenvalue weighted by Gasteiger charge is 2.10. The summed E-state index contributed by atoms with van der Waals surface area (Å²) in [6, 6.07) is 1.90. The van der Waals surface area contributed by atoms with Crippen LogP contribution < -0.4 is 4.90 Å². The van der Waals surface area contributed by atoms with Crippen molar-refractivity contribution in [2.75, 3.05) is 45.4 Å². The number of anilines is 1. The Labute approximate surface area is 118 Å². The third-order valence-corrected chi connectivity index (χ3v) is 3.15. The van der Waals surface area contributed by atoms with Crippen molar-refractivity contribution in [2.24, 2.45) is 0 Å². The molecule has 0 atom stereocenters. The van der Waals surface area contributed by atoms with E-state index in [1.54, 1.807) is 20.4 Å². The summed E-state index contributed by atoms with van der Waals surface area (Å²) in [5.41, 5.74) is 0.878. The van der Waals surface area contributed by atoms with Crippen LogP contribution in [0.3, 0.4) is 0 Å². The molecule has 0 amide bonds. The van der Waals surface area contributed by atoms with Gasteiger partial charge >= 0.3 is 0 Å². The molecule has 1 heterocycles. The van der Waals surface area contributed by atoms with Gasteiger partial charge in [-0.3, -0.25) is 0 Å². The van der Waals surface area contributed by atoms with Crippen LogP contribution in [0.15, 0.2) is 12.3 Å². The third kappa shape index (κ3) is 4.61. The molecule has 0 aliphatic carbocycles. The zero-order valence-corrected chi connectivity index (χ0v) is 12.2. The summed E-state index contributed by atoms with van der Waals surface area (Å²) in [5.74, 6) is 1.21. The molecular formula is C12H18Cl2N2O2. The second kappa shape index (κ2) is 8.53. The standard InChI is InChI=1S/C12H18Cl2N2O2/c1-17-5-3-16(4-6-18-2)12-7-10(8-13)11(14)9-15-12/h7,9H,3-6,8H2,1-2H3. The van der Waals surface area contributed by atoms with Crippen LogP contribution in [0.25, 0.3) is 0 Å². The van der Waals surface area contributed by atoms with Gasteiger partial charge in [-0.1, -0.05) is 11.6 Å². The van der Waals surface area contributed by atoms with Crippen LogP contribution in [0.4, 0.5) is 5.82 Å². The average Bonchev–Trinajstić information content (AvgIpc) is 2.40. The van der Waals surface area contributed by atoms with Crippen LogP contribution in [-0.2, 0) is 15.4 Å². The van der Waals surface area contributed by atoms with E-state index in [1.807, 2.05) is 6.07 Å². The number of aromatic nitrogens is 1. The molecule has 0 aromatic carbocycles. The molecule has 0 radical (unpaired) electrons. The monoisotopic (exact) mass is 292 g/mol. The number of halogens is 2. The van der Waals surface area contributed by atoms with E-state index >= 15 is 0 Å². The fourth-order valence-corrected chi connectivity index (χ4v) is 1.95. The van der Waals surface area contributed by atoms with E-state index in [2.05, 4.69) is 9.88 Å². The molecule has 0 saturated carbocycles. The van der Waals surface area contributed by atoms with Crippen molar-refractivity contribution >= 4 is 29.0 Å². The molecule has 0 bridgehead atoms. The lowest BCUT2D eigenvalue weighted by molar-refractivity contribution is 0.190. The Kier molecular flexibility index (Phi) is 7.35. The van der Waals surface area contributed by atoms with Gasteiger partial charge in [0, 0.05) is 39.4 Å². The minimum Gasteiger partial charge on any atom is -0.383 e. The molecule has 18 heavy (non-hydrogen) atoms. The molecule has 1 rings (SSSR count). The van der Waals surface area contributed by atoms with Crippen molar-refractivity contribution < 1.29 is 9.47 Å². The summed E-state index contributed by atoms with van der Waals surface area (Å²) in [4.78, 5) is 6.40. The highest BCUT2D eigenvalue weighted by molar-refractivity contribution is 6.32. The summed E-state index contributed by atoms with van der Waals surface area (Å²) < 4.78 is 10.2. The van der Waals surface area contributed by atoms with E-state index in [0.717, 1.165) is 24.5 Å². The van der Waals surface area contributed by atoms with E-state index in [1.165, 1.54) is 0 Å². The number of alkyl halides is 1. The van der Waals surface area contributed by atoms with Gasteiger partial charge in [-0.2, -0.15) is 0 Å². The van der Waals surface area contributed by atoms with E-state index < -0.39 is 0 Å². The fourth-order valence-electron chi connectivity index (χ4n) is 1.49. The molecule has 102 valence electrons. The number of rotatable bonds is 8. The highest BCUT2D eigenvalue weighted by atomic mass is 35.5. The highest BCUT2D eigenvalue weighted by Crippen LogP contribution is 2.21. The van der Waals surface area contributed by atoms with E-state index in [9.17, 15) is 0 Å². The van der Waals surface area contributed by atoms with E-state index in [4.69, 9.17) is 32.7 Å². The molecule has 0 aliphatic heterocycles. The Bertz CT molecular complexity index is 356. The Morgan fingerprint density at radius 2 is 1.83 bits per heavy atom. The predicted molar refractivity (Wildman–Crippen MR) is 74.8 cm³/mol. The minimum atomic E-state index is 0.372. The van der Waals surface area contributed by atoms with Crippen molar-refractivity contribution in [1.29, 1.82) is 0 Å². The SMILES string of the molecule is COCCN(CCOC)c1cc(CCl)c(Cl)cn1. The smallest absolute Gasteiger partial charge is 0.129 e. The maximum absolute atomic E-state index is 5.99. The molecule has 0 fully saturated rings. The van der Waals surface area contributed by atoms with E-state index in [0.29, 0.717) is 24.1 Å². The van der Waals surface area contributed by atoms with Gasteiger partial charge < -0.3 is 14.4 Å². The molecule has 0 unspecified atom stereocenters. The quantitative estimate of drug-likeness (QED) is 0.690. The lowest BCUT2D eigenvalue weighted by Gasteiger charge is -2.23. The molecular weight excluding hydrogens is 275 g/mol. The number of pyridine rings is 1. The number of nitrogens with zero attached hydrogens (tertiary/aromatic N) is 2. The van der Waals surface area contributed by atoms with Gasteiger partial charge in [0.15, 0.2) is 0 Å². The molecule has 0 saturated heterocycles. The average molecular weight is 293 g/mol. The lowest BCUT2D eigenvalue weighted by atomic mass is 10.3. The zero-order chi connectivity index (χ0) is 13.4. The third-order valence-electron chi connectivity index (χ3n) is 2.52. The van der Waals surface area contributed by atoms with Gasteiger partial charge in [0.05, 0.1) is 18.2 Å². The fraction of sp³-hybridized carbons (Fsp3) is 0.583. The molecule has 1 aromatic rings. The van der Waals surface area contributed by atoms with Gasteiger partial charge in [0.2, 0.25) is 0 Å². The summed E-state index contributed by atoms with van der Waals surface area (Å²) in [5, 5.41) is 0.590. The second-order valence-electron chi connectivity index (χ2n) is 3.74. The van der Waals surface area contributed by atoms with Crippen molar-refractivity contribution in [3.8, 4) is 0 Å². The summed E-state index contributed by atoms with van der Waals surface area (Å²) in [6.45, 7) is 2.75. The van der Waals surface area contributed by atoms with Crippen LogP contribution >= 0.6 is 23.2 Å². The first-order valence-corrected chi connectivity index (χ1v) is 6.57. The minimum absolute atomic E-state index is 0.372. The van der Waals surface area contributed by atoms with Crippen molar-refractivity contribution in [2.45, 2.75) is 5.88 Å². The molecule has 0 N–H and O–H groups in total. The van der Waals surface area contributed by atoms with Crippen LogP contribution in [0.5, 0.6) is 0 Å². The molecule has 4 nitrogen and oxygen atoms in total. The normalized spacial score (nSPS) is 10.7.